The van der Waals surface area contributed by atoms with Crippen molar-refractivity contribution in [3.05, 3.63) is 75.8 Å². The average Bonchev–Trinajstić information content (AvgIpc) is 3.02. The predicted molar refractivity (Wildman–Crippen MR) is 124 cm³/mol. The molecule has 0 aromatic heterocycles. The third kappa shape index (κ3) is 4.47. The van der Waals surface area contributed by atoms with Gasteiger partial charge in [0.25, 0.3) is 11.7 Å². The normalized spacial score (nSPS) is 17.5. The lowest BCUT2D eigenvalue weighted by molar-refractivity contribution is -0.139. The van der Waals surface area contributed by atoms with Crippen molar-refractivity contribution in [2.24, 2.45) is 0 Å². The first-order valence-corrected chi connectivity index (χ1v) is 10.7. The van der Waals surface area contributed by atoms with Gasteiger partial charge in [0.15, 0.2) is 0 Å². The van der Waals surface area contributed by atoms with Crippen molar-refractivity contribution in [3.8, 4) is 11.5 Å². The SMILES string of the molecule is C=CCOc1cccc(C2/C(=C(\O)c3cc(Cl)cc(Cl)c3OC)C(=O)C(=O)N2CCC)c1. The number of aliphatic hydroxyl groups excluding tert-OH is 1. The zero-order valence-corrected chi connectivity index (χ0v) is 19.2. The fourth-order valence-corrected chi connectivity index (χ4v) is 4.29. The van der Waals surface area contributed by atoms with Gasteiger partial charge in [-0.1, -0.05) is 54.9 Å². The first kappa shape index (κ1) is 23.7. The van der Waals surface area contributed by atoms with Gasteiger partial charge in [-0.3, -0.25) is 9.59 Å². The molecular weight excluding hydrogens is 453 g/mol. The fraction of sp³-hybridized carbons (Fsp3) is 0.250. The quantitative estimate of drug-likeness (QED) is 0.239. The maximum absolute atomic E-state index is 13.1. The van der Waals surface area contributed by atoms with Crippen LogP contribution in [0.25, 0.3) is 5.76 Å². The molecule has 8 heteroatoms. The number of rotatable bonds is 8. The summed E-state index contributed by atoms with van der Waals surface area (Å²) in [6.45, 7) is 6.17. The van der Waals surface area contributed by atoms with Gasteiger partial charge in [-0.2, -0.15) is 0 Å². The van der Waals surface area contributed by atoms with E-state index >= 15 is 0 Å². The molecule has 1 heterocycles. The predicted octanol–water partition coefficient (Wildman–Crippen LogP) is 5.40. The van der Waals surface area contributed by atoms with Crippen molar-refractivity contribution in [3.63, 3.8) is 0 Å². The smallest absolute Gasteiger partial charge is 0.295 e. The molecule has 1 N–H and O–H groups in total. The summed E-state index contributed by atoms with van der Waals surface area (Å²) in [6.07, 6.45) is 2.24. The summed E-state index contributed by atoms with van der Waals surface area (Å²) in [6, 6.07) is 9.12. The molecule has 6 nitrogen and oxygen atoms in total. The number of aliphatic hydroxyl groups is 1. The van der Waals surface area contributed by atoms with Gasteiger partial charge in [0.05, 0.1) is 29.3 Å². The number of hydrogen-bond donors (Lipinski definition) is 1. The van der Waals surface area contributed by atoms with E-state index in [1.165, 1.54) is 24.1 Å². The lowest BCUT2D eigenvalue weighted by Gasteiger charge is -2.25. The Morgan fingerprint density at radius 3 is 2.66 bits per heavy atom. The second-order valence-corrected chi connectivity index (χ2v) is 7.98. The molecule has 168 valence electrons. The third-order valence-electron chi connectivity index (χ3n) is 5.01. The number of nitrogens with zero attached hydrogens (tertiary/aromatic N) is 1. The van der Waals surface area contributed by atoms with E-state index in [9.17, 15) is 14.7 Å². The Balaban J connectivity index is 2.24. The summed E-state index contributed by atoms with van der Waals surface area (Å²) in [5.41, 5.74) is 0.678. The van der Waals surface area contributed by atoms with Gasteiger partial charge in [0.1, 0.15) is 23.9 Å². The Kier molecular flexibility index (Phi) is 7.48. The van der Waals surface area contributed by atoms with Crippen molar-refractivity contribution < 1.29 is 24.2 Å². The van der Waals surface area contributed by atoms with Crippen LogP contribution in [-0.2, 0) is 9.59 Å². The molecule has 0 saturated carbocycles. The van der Waals surface area contributed by atoms with Crippen LogP contribution in [0.1, 0.15) is 30.5 Å². The van der Waals surface area contributed by atoms with E-state index < -0.39 is 23.5 Å². The zero-order chi connectivity index (χ0) is 23.4. The van der Waals surface area contributed by atoms with Crippen molar-refractivity contribution in [1.29, 1.82) is 0 Å². The van der Waals surface area contributed by atoms with E-state index in [4.69, 9.17) is 32.7 Å². The number of halogens is 2. The molecule has 32 heavy (non-hydrogen) atoms. The van der Waals surface area contributed by atoms with E-state index in [0.29, 0.717) is 30.9 Å². The molecule has 2 aromatic carbocycles. The summed E-state index contributed by atoms with van der Waals surface area (Å²) >= 11 is 12.4. The Labute approximate surface area is 196 Å². The molecule has 0 aliphatic carbocycles. The maximum atomic E-state index is 13.1. The number of hydrogen-bond acceptors (Lipinski definition) is 5. The molecule has 3 rings (SSSR count). The van der Waals surface area contributed by atoms with E-state index in [-0.39, 0.29) is 26.9 Å². The summed E-state index contributed by atoms with van der Waals surface area (Å²) in [5.74, 6) is -1.20. The highest BCUT2D eigenvalue weighted by molar-refractivity contribution is 6.46. The van der Waals surface area contributed by atoms with Crippen LogP contribution in [0.15, 0.2) is 54.6 Å². The second-order valence-electron chi connectivity index (χ2n) is 7.13. The molecule has 0 bridgehead atoms. The standard InChI is InChI=1S/C24H23Cl2NO5/c1-4-9-27-20(14-7-6-8-16(11-14)32-10-5-2)19(22(29)24(27)30)21(28)17-12-15(25)13-18(26)23(17)31-3/h5-8,11-13,20,28H,2,4,9-10H2,1,3H3/b21-19+. The summed E-state index contributed by atoms with van der Waals surface area (Å²) in [5, 5.41) is 11.6. The van der Waals surface area contributed by atoms with E-state index in [0.717, 1.165) is 0 Å². The number of amides is 1. The van der Waals surface area contributed by atoms with Crippen LogP contribution < -0.4 is 9.47 Å². The van der Waals surface area contributed by atoms with E-state index in [1.54, 1.807) is 30.3 Å². The molecule has 1 aliphatic rings. The lowest BCUT2D eigenvalue weighted by Crippen LogP contribution is -2.30. The molecule has 1 atom stereocenters. The monoisotopic (exact) mass is 475 g/mol. The summed E-state index contributed by atoms with van der Waals surface area (Å²) in [7, 11) is 1.39. The fourth-order valence-electron chi connectivity index (χ4n) is 3.72. The first-order chi connectivity index (χ1) is 15.3. The number of benzene rings is 2. The van der Waals surface area contributed by atoms with Crippen LogP contribution in [0.3, 0.4) is 0 Å². The van der Waals surface area contributed by atoms with Crippen LogP contribution in [0.4, 0.5) is 0 Å². The number of carbonyl (C=O) groups excluding carboxylic acids is 2. The van der Waals surface area contributed by atoms with Crippen LogP contribution in [0.5, 0.6) is 11.5 Å². The van der Waals surface area contributed by atoms with Crippen molar-refractivity contribution >= 4 is 40.7 Å². The molecule has 1 fully saturated rings. The first-order valence-electron chi connectivity index (χ1n) is 9.99. The van der Waals surface area contributed by atoms with Gasteiger partial charge < -0.3 is 19.5 Å². The van der Waals surface area contributed by atoms with Crippen LogP contribution >= 0.6 is 23.2 Å². The number of likely N-dealkylation sites (tertiary alicyclic amines) is 1. The Hall–Kier alpha value is -2.96. The van der Waals surface area contributed by atoms with Crippen LogP contribution in [-0.4, -0.2) is 42.0 Å². The Morgan fingerprint density at radius 1 is 1.25 bits per heavy atom. The van der Waals surface area contributed by atoms with E-state index in [1.807, 2.05) is 6.92 Å². The van der Waals surface area contributed by atoms with Gasteiger partial charge in [0.2, 0.25) is 0 Å². The minimum absolute atomic E-state index is 0.0686. The van der Waals surface area contributed by atoms with Gasteiger partial charge in [0, 0.05) is 11.6 Å². The largest absolute Gasteiger partial charge is 0.507 e. The molecule has 1 amide bonds. The van der Waals surface area contributed by atoms with Gasteiger partial charge >= 0.3 is 0 Å². The summed E-state index contributed by atoms with van der Waals surface area (Å²) < 4.78 is 10.9. The Morgan fingerprint density at radius 2 is 2.00 bits per heavy atom. The molecule has 2 aromatic rings. The molecular formula is C24H23Cl2NO5. The van der Waals surface area contributed by atoms with Crippen molar-refractivity contribution in [2.45, 2.75) is 19.4 Å². The van der Waals surface area contributed by atoms with Crippen LogP contribution in [0.2, 0.25) is 10.0 Å². The maximum Gasteiger partial charge on any atom is 0.295 e. The molecule has 0 radical (unpaired) electrons. The molecule has 1 unspecified atom stereocenters. The Bertz CT molecular complexity index is 1100. The highest BCUT2D eigenvalue weighted by Gasteiger charge is 2.46. The molecule has 1 aliphatic heterocycles. The average molecular weight is 476 g/mol. The van der Waals surface area contributed by atoms with Crippen molar-refractivity contribution in [1.82, 2.24) is 4.90 Å². The summed E-state index contributed by atoms with van der Waals surface area (Å²) in [4.78, 5) is 27.4. The number of methoxy groups -OCH3 is 1. The van der Waals surface area contributed by atoms with Gasteiger partial charge in [-0.25, -0.2) is 0 Å². The molecule has 0 spiro atoms. The number of ketones is 1. The van der Waals surface area contributed by atoms with E-state index in [2.05, 4.69) is 6.58 Å². The molecule has 1 saturated heterocycles. The van der Waals surface area contributed by atoms with Gasteiger partial charge in [-0.15, -0.1) is 0 Å². The second kappa shape index (κ2) is 10.1. The highest BCUT2D eigenvalue weighted by Crippen LogP contribution is 2.43. The third-order valence-corrected chi connectivity index (χ3v) is 5.51. The lowest BCUT2D eigenvalue weighted by atomic mass is 9.94. The van der Waals surface area contributed by atoms with Gasteiger partial charge in [-0.05, 0) is 36.2 Å². The number of Topliss-reactive ketones (excluding diaryl/α,β-unsaturated/α-hetero) is 1. The minimum atomic E-state index is -0.815. The number of carbonyl (C=O) groups is 2. The van der Waals surface area contributed by atoms with Crippen LogP contribution in [0, 0.1) is 0 Å². The number of ether oxygens (including phenoxy) is 2. The van der Waals surface area contributed by atoms with Crippen molar-refractivity contribution in [2.75, 3.05) is 20.3 Å². The minimum Gasteiger partial charge on any atom is -0.507 e. The highest BCUT2D eigenvalue weighted by atomic mass is 35.5. The topological polar surface area (TPSA) is 76.1 Å². The zero-order valence-electron chi connectivity index (χ0n) is 17.7.